The largest absolute Gasteiger partial charge is 0.325 e. The minimum absolute atomic E-state index is 0.0111. The maximum absolute atomic E-state index is 6.15. The van der Waals surface area contributed by atoms with Crippen LogP contribution < -0.4 is 5.73 Å². The summed E-state index contributed by atoms with van der Waals surface area (Å²) in [5.41, 5.74) is 7.34. The van der Waals surface area contributed by atoms with E-state index in [-0.39, 0.29) is 5.54 Å². The van der Waals surface area contributed by atoms with Gasteiger partial charge in [-0.1, -0.05) is 29.3 Å². The molecule has 0 amide bonds. The van der Waals surface area contributed by atoms with Crippen molar-refractivity contribution in [3.63, 3.8) is 0 Å². The Balaban J connectivity index is 2.13. The maximum Gasteiger partial charge on any atom is 0.0595 e. The summed E-state index contributed by atoms with van der Waals surface area (Å²) in [6.45, 7) is 0. The average Bonchev–Trinajstić information content (AvgIpc) is 2.09. The average molecular weight is 230 g/mol. The highest BCUT2D eigenvalue weighted by Gasteiger charge is 2.32. The second-order valence-corrected chi connectivity index (χ2v) is 4.96. The van der Waals surface area contributed by atoms with Crippen LogP contribution in [0, 0.1) is 0 Å². The highest BCUT2D eigenvalue weighted by atomic mass is 35.5. The Labute approximate surface area is 94.2 Å². The van der Waals surface area contributed by atoms with Crippen LogP contribution in [-0.2, 0) is 6.42 Å². The van der Waals surface area contributed by atoms with Crippen molar-refractivity contribution in [2.75, 3.05) is 0 Å². The molecule has 14 heavy (non-hydrogen) atoms. The molecule has 0 atom stereocenters. The molecule has 0 aromatic heterocycles. The molecule has 1 aromatic carbocycles. The van der Waals surface area contributed by atoms with E-state index in [1.54, 1.807) is 0 Å². The molecule has 1 fully saturated rings. The Kier molecular flexibility index (Phi) is 2.74. The van der Waals surface area contributed by atoms with Crippen LogP contribution in [0.15, 0.2) is 18.2 Å². The Bertz CT molecular complexity index is 345. The first-order valence-electron chi connectivity index (χ1n) is 4.82. The van der Waals surface area contributed by atoms with Gasteiger partial charge in [0, 0.05) is 5.54 Å². The van der Waals surface area contributed by atoms with Crippen LogP contribution >= 0.6 is 23.2 Å². The van der Waals surface area contributed by atoms with Crippen molar-refractivity contribution in [3.8, 4) is 0 Å². The van der Waals surface area contributed by atoms with Crippen LogP contribution in [0.25, 0.3) is 0 Å². The number of benzene rings is 1. The SMILES string of the molecule is NC1(Cc2ccc(Cl)c(Cl)c2)CCC1. The lowest BCUT2D eigenvalue weighted by Gasteiger charge is -2.38. The fraction of sp³-hybridized carbons (Fsp3) is 0.455. The van der Waals surface area contributed by atoms with Gasteiger partial charge in [0.2, 0.25) is 0 Å². The number of nitrogens with two attached hydrogens (primary N) is 1. The van der Waals surface area contributed by atoms with E-state index in [0.717, 1.165) is 19.3 Å². The smallest absolute Gasteiger partial charge is 0.0595 e. The summed E-state index contributed by atoms with van der Waals surface area (Å²) in [6, 6.07) is 5.75. The fourth-order valence-corrected chi connectivity index (χ4v) is 2.18. The third-order valence-corrected chi connectivity index (χ3v) is 3.63. The molecule has 1 aliphatic carbocycles. The van der Waals surface area contributed by atoms with E-state index in [1.807, 2.05) is 18.2 Å². The second kappa shape index (κ2) is 3.73. The van der Waals surface area contributed by atoms with Crippen molar-refractivity contribution in [2.45, 2.75) is 31.2 Å². The first-order chi connectivity index (χ1) is 6.59. The van der Waals surface area contributed by atoms with E-state index >= 15 is 0 Å². The summed E-state index contributed by atoms with van der Waals surface area (Å²) in [4.78, 5) is 0. The monoisotopic (exact) mass is 229 g/mol. The fourth-order valence-electron chi connectivity index (χ4n) is 1.86. The molecule has 0 bridgehead atoms. The molecule has 3 heteroatoms. The van der Waals surface area contributed by atoms with Crippen molar-refractivity contribution in [1.82, 2.24) is 0 Å². The van der Waals surface area contributed by atoms with Crippen molar-refractivity contribution in [2.24, 2.45) is 5.73 Å². The molecule has 2 N–H and O–H groups in total. The topological polar surface area (TPSA) is 26.0 Å². The molecule has 1 aliphatic rings. The molecule has 0 saturated heterocycles. The molecule has 0 aliphatic heterocycles. The molecule has 0 unspecified atom stereocenters. The first kappa shape index (κ1) is 10.3. The summed E-state index contributed by atoms with van der Waals surface area (Å²) in [5.74, 6) is 0. The minimum atomic E-state index is 0.0111. The van der Waals surface area contributed by atoms with Crippen LogP contribution in [0.3, 0.4) is 0 Å². The normalized spacial score (nSPS) is 19.1. The minimum Gasteiger partial charge on any atom is -0.325 e. The lowest BCUT2D eigenvalue weighted by molar-refractivity contribution is 0.247. The molecule has 1 saturated carbocycles. The van der Waals surface area contributed by atoms with Gasteiger partial charge in [0.1, 0.15) is 0 Å². The Morgan fingerprint density at radius 3 is 2.43 bits per heavy atom. The highest BCUT2D eigenvalue weighted by molar-refractivity contribution is 6.42. The van der Waals surface area contributed by atoms with Crippen LogP contribution in [-0.4, -0.2) is 5.54 Å². The lowest BCUT2D eigenvalue weighted by Crippen LogP contribution is -2.48. The van der Waals surface area contributed by atoms with Gasteiger partial charge in [0.05, 0.1) is 10.0 Å². The molecule has 0 spiro atoms. The van der Waals surface area contributed by atoms with Gasteiger partial charge in [-0.3, -0.25) is 0 Å². The van der Waals surface area contributed by atoms with Crippen molar-refractivity contribution in [1.29, 1.82) is 0 Å². The third kappa shape index (κ3) is 2.05. The van der Waals surface area contributed by atoms with E-state index in [1.165, 1.54) is 12.0 Å². The molecule has 1 aromatic rings. The zero-order chi connectivity index (χ0) is 10.2. The van der Waals surface area contributed by atoms with Gasteiger partial charge < -0.3 is 5.73 Å². The van der Waals surface area contributed by atoms with E-state index in [0.29, 0.717) is 10.0 Å². The van der Waals surface area contributed by atoms with E-state index < -0.39 is 0 Å². The van der Waals surface area contributed by atoms with Crippen LogP contribution in [0.1, 0.15) is 24.8 Å². The maximum atomic E-state index is 6.15. The van der Waals surface area contributed by atoms with Crippen molar-refractivity contribution < 1.29 is 0 Å². The van der Waals surface area contributed by atoms with Crippen LogP contribution in [0.2, 0.25) is 10.0 Å². The summed E-state index contributed by atoms with van der Waals surface area (Å²) < 4.78 is 0. The molecule has 1 nitrogen and oxygen atoms in total. The van der Waals surface area contributed by atoms with Gasteiger partial charge in [0.25, 0.3) is 0 Å². The van der Waals surface area contributed by atoms with E-state index in [4.69, 9.17) is 28.9 Å². The Morgan fingerprint density at radius 1 is 1.21 bits per heavy atom. The predicted octanol–water partition coefficient (Wildman–Crippen LogP) is 3.42. The first-order valence-corrected chi connectivity index (χ1v) is 5.57. The van der Waals surface area contributed by atoms with Crippen LogP contribution in [0.4, 0.5) is 0 Å². The van der Waals surface area contributed by atoms with Gasteiger partial charge in [-0.05, 0) is 43.4 Å². The molecular weight excluding hydrogens is 217 g/mol. The Morgan fingerprint density at radius 2 is 1.93 bits per heavy atom. The van der Waals surface area contributed by atoms with Crippen molar-refractivity contribution >= 4 is 23.2 Å². The molecule has 0 heterocycles. The quantitative estimate of drug-likeness (QED) is 0.827. The van der Waals surface area contributed by atoms with Gasteiger partial charge >= 0.3 is 0 Å². The highest BCUT2D eigenvalue weighted by Crippen LogP contribution is 2.33. The lowest BCUT2D eigenvalue weighted by atomic mass is 9.74. The number of halogens is 2. The molecule has 0 radical (unpaired) electrons. The second-order valence-electron chi connectivity index (χ2n) is 4.14. The number of hydrogen-bond donors (Lipinski definition) is 1. The third-order valence-electron chi connectivity index (χ3n) is 2.89. The zero-order valence-corrected chi connectivity index (χ0v) is 9.41. The molecule has 76 valence electrons. The summed E-state index contributed by atoms with van der Waals surface area (Å²) >= 11 is 11.8. The van der Waals surface area contributed by atoms with Gasteiger partial charge in [0.15, 0.2) is 0 Å². The Hall–Kier alpha value is -0.240. The summed E-state index contributed by atoms with van der Waals surface area (Å²) in [7, 11) is 0. The van der Waals surface area contributed by atoms with E-state index in [9.17, 15) is 0 Å². The van der Waals surface area contributed by atoms with Gasteiger partial charge in [-0.2, -0.15) is 0 Å². The van der Waals surface area contributed by atoms with Gasteiger partial charge in [-0.25, -0.2) is 0 Å². The van der Waals surface area contributed by atoms with Gasteiger partial charge in [-0.15, -0.1) is 0 Å². The summed E-state index contributed by atoms with van der Waals surface area (Å²) in [5, 5.41) is 1.22. The molecule has 2 rings (SSSR count). The number of rotatable bonds is 2. The van der Waals surface area contributed by atoms with Crippen molar-refractivity contribution in [3.05, 3.63) is 33.8 Å². The summed E-state index contributed by atoms with van der Waals surface area (Å²) in [6.07, 6.45) is 4.39. The predicted molar refractivity (Wildman–Crippen MR) is 60.9 cm³/mol. The van der Waals surface area contributed by atoms with Crippen LogP contribution in [0.5, 0.6) is 0 Å². The zero-order valence-electron chi connectivity index (χ0n) is 7.89. The van der Waals surface area contributed by atoms with E-state index in [2.05, 4.69) is 0 Å². The standard InChI is InChI=1S/C11H13Cl2N/c12-9-3-2-8(6-10(9)13)7-11(14)4-1-5-11/h2-3,6H,1,4-5,7,14H2. The number of hydrogen-bond acceptors (Lipinski definition) is 1. The molecular formula is C11H13Cl2N.